The molecule has 2 heteroatoms. The second kappa shape index (κ2) is 4.52. The molecule has 0 aromatic heterocycles. The molecule has 2 rings (SSSR count). The average Bonchev–Trinajstić information content (AvgIpc) is 2.64. The second-order valence-corrected chi connectivity index (χ2v) is 4.02. The first-order valence-corrected chi connectivity index (χ1v) is 5.68. The first-order chi connectivity index (χ1) is 7.72. The zero-order valence-electron chi connectivity index (χ0n) is 9.75. The van der Waals surface area contributed by atoms with Gasteiger partial charge in [-0.05, 0) is 49.0 Å². The first kappa shape index (κ1) is 10.9. The number of esters is 1. The molecule has 0 radical (unpaired) electrons. The number of carbonyl (C=O) groups is 1. The Morgan fingerprint density at radius 2 is 2.25 bits per heavy atom. The molecule has 0 saturated heterocycles. The topological polar surface area (TPSA) is 26.3 Å². The van der Waals surface area contributed by atoms with Gasteiger partial charge in [0.15, 0.2) is 0 Å². The van der Waals surface area contributed by atoms with Gasteiger partial charge >= 0.3 is 5.97 Å². The fraction of sp³-hybridized carbons (Fsp3) is 0.357. The predicted molar refractivity (Wildman–Crippen MR) is 64.1 cm³/mol. The van der Waals surface area contributed by atoms with Crippen molar-refractivity contribution in [1.82, 2.24) is 0 Å². The number of hydrogen-bond donors (Lipinski definition) is 0. The van der Waals surface area contributed by atoms with Crippen LogP contribution in [0, 0.1) is 6.92 Å². The van der Waals surface area contributed by atoms with Gasteiger partial charge in [0.25, 0.3) is 0 Å². The molecule has 0 N–H and O–H groups in total. The summed E-state index contributed by atoms with van der Waals surface area (Å²) in [5.41, 5.74) is 5.01. The molecule has 0 aliphatic heterocycles. The number of hydrogen-bond acceptors (Lipinski definition) is 2. The Morgan fingerprint density at radius 3 is 3.00 bits per heavy atom. The number of fused-ring (bicyclic) bond motifs is 1. The van der Waals surface area contributed by atoms with E-state index in [0.717, 1.165) is 18.4 Å². The van der Waals surface area contributed by atoms with Crippen LogP contribution >= 0.6 is 0 Å². The highest BCUT2D eigenvalue weighted by Gasteiger charge is 2.18. The van der Waals surface area contributed by atoms with Crippen LogP contribution in [0.3, 0.4) is 0 Å². The summed E-state index contributed by atoms with van der Waals surface area (Å²) in [6, 6.07) is 6.24. The highest BCUT2D eigenvalue weighted by atomic mass is 16.5. The maximum Gasteiger partial charge on any atom is 0.331 e. The fourth-order valence-corrected chi connectivity index (χ4v) is 2.21. The van der Waals surface area contributed by atoms with Gasteiger partial charge in [0.05, 0.1) is 6.61 Å². The van der Waals surface area contributed by atoms with E-state index in [-0.39, 0.29) is 5.97 Å². The summed E-state index contributed by atoms with van der Waals surface area (Å²) >= 11 is 0. The van der Waals surface area contributed by atoms with Crippen LogP contribution in [-0.2, 0) is 16.0 Å². The predicted octanol–water partition coefficient (Wildman–Crippen LogP) is 2.89. The molecular weight excluding hydrogens is 200 g/mol. The summed E-state index contributed by atoms with van der Waals surface area (Å²) in [7, 11) is 0. The van der Waals surface area contributed by atoms with E-state index in [2.05, 4.69) is 19.1 Å². The summed E-state index contributed by atoms with van der Waals surface area (Å²) in [5, 5.41) is 0. The molecule has 84 valence electrons. The molecular formula is C14H16O2. The molecule has 16 heavy (non-hydrogen) atoms. The Labute approximate surface area is 95.9 Å². The van der Waals surface area contributed by atoms with Gasteiger partial charge in [-0.3, -0.25) is 0 Å². The van der Waals surface area contributed by atoms with Crippen LogP contribution in [0.25, 0.3) is 5.57 Å². The lowest BCUT2D eigenvalue weighted by Crippen LogP contribution is -2.00. The van der Waals surface area contributed by atoms with Gasteiger partial charge in [0.2, 0.25) is 0 Å². The van der Waals surface area contributed by atoms with E-state index < -0.39 is 0 Å². The first-order valence-electron chi connectivity index (χ1n) is 5.68. The lowest BCUT2D eigenvalue weighted by molar-refractivity contribution is -0.137. The lowest BCUT2D eigenvalue weighted by Gasteiger charge is -2.03. The minimum atomic E-state index is -0.230. The van der Waals surface area contributed by atoms with E-state index in [1.807, 2.05) is 13.0 Å². The number of benzene rings is 1. The van der Waals surface area contributed by atoms with Crippen molar-refractivity contribution < 1.29 is 9.53 Å². The molecule has 0 amide bonds. The highest BCUT2D eigenvalue weighted by molar-refractivity contribution is 5.93. The van der Waals surface area contributed by atoms with Gasteiger partial charge in [0, 0.05) is 6.08 Å². The monoisotopic (exact) mass is 216 g/mol. The zero-order valence-corrected chi connectivity index (χ0v) is 9.75. The smallest absolute Gasteiger partial charge is 0.331 e. The van der Waals surface area contributed by atoms with Crippen molar-refractivity contribution in [2.45, 2.75) is 26.7 Å². The standard InChI is InChI=1S/C14H16O2/c1-3-16-14(15)9-11-7-8-12-10(2)5-4-6-13(11)12/h4-6,9H,3,7-8H2,1-2H3. The third-order valence-corrected chi connectivity index (χ3v) is 2.98. The van der Waals surface area contributed by atoms with Gasteiger partial charge in [-0.25, -0.2) is 4.79 Å². The SMILES string of the molecule is CCOC(=O)C=C1CCc2c(C)cccc21. The zero-order chi connectivity index (χ0) is 11.5. The molecule has 1 aliphatic carbocycles. The van der Waals surface area contributed by atoms with Crippen LogP contribution in [0.4, 0.5) is 0 Å². The van der Waals surface area contributed by atoms with E-state index >= 15 is 0 Å². The van der Waals surface area contributed by atoms with Crippen LogP contribution in [0.5, 0.6) is 0 Å². The van der Waals surface area contributed by atoms with Crippen LogP contribution in [0.15, 0.2) is 24.3 Å². The largest absolute Gasteiger partial charge is 0.463 e. The number of aryl methyl sites for hydroxylation is 1. The Balaban J connectivity index is 2.30. The maximum absolute atomic E-state index is 11.4. The number of ether oxygens (including phenoxy) is 1. The average molecular weight is 216 g/mol. The van der Waals surface area contributed by atoms with Crippen LogP contribution in [-0.4, -0.2) is 12.6 Å². The lowest BCUT2D eigenvalue weighted by atomic mass is 10.0. The molecule has 0 spiro atoms. The van der Waals surface area contributed by atoms with Gasteiger partial charge in [-0.1, -0.05) is 18.2 Å². The number of carbonyl (C=O) groups excluding carboxylic acids is 1. The van der Waals surface area contributed by atoms with Crippen molar-refractivity contribution >= 4 is 11.5 Å². The molecule has 2 nitrogen and oxygen atoms in total. The van der Waals surface area contributed by atoms with Crippen molar-refractivity contribution in [3.63, 3.8) is 0 Å². The van der Waals surface area contributed by atoms with E-state index in [1.165, 1.54) is 16.7 Å². The van der Waals surface area contributed by atoms with Gasteiger partial charge in [0.1, 0.15) is 0 Å². The summed E-state index contributed by atoms with van der Waals surface area (Å²) < 4.78 is 4.93. The molecule has 0 fully saturated rings. The quantitative estimate of drug-likeness (QED) is 0.561. The van der Waals surface area contributed by atoms with Crippen molar-refractivity contribution in [3.05, 3.63) is 41.0 Å². The fourth-order valence-electron chi connectivity index (χ4n) is 2.21. The molecule has 1 aliphatic rings. The minimum absolute atomic E-state index is 0.230. The summed E-state index contributed by atoms with van der Waals surface area (Å²) in [5.74, 6) is -0.230. The van der Waals surface area contributed by atoms with Crippen LogP contribution in [0.2, 0.25) is 0 Å². The molecule has 0 heterocycles. The van der Waals surface area contributed by atoms with E-state index in [1.54, 1.807) is 6.08 Å². The Bertz CT molecular complexity index is 444. The van der Waals surface area contributed by atoms with Crippen molar-refractivity contribution in [2.75, 3.05) is 6.61 Å². The molecule has 0 bridgehead atoms. The number of allylic oxidation sites excluding steroid dienone is 1. The van der Waals surface area contributed by atoms with Gasteiger partial charge in [-0.2, -0.15) is 0 Å². The molecule has 0 atom stereocenters. The third kappa shape index (κ3) is 2.01. The van der Waals surface area contributed by atoms with E-state index in [9.17, 15) is 4.79 Å². The van der Waals surface area contributed by atoms with Crippen LogP contribution in [0.1, 0.15) is 30.0 Å². The Morgan fingerprint density at radius 1 is 1.44 bits per heavy atom. The van der Waals surface area contributed by atoms with Crippen molar-refractivity contribution in [2.24, 2.45) is 0 Å². The number of rotatable bonds is 2. The normalized spacial score (nSPS) is 16.2. The molecule has 1 aromatic rings. The minimum Gasteiger partial charge on any atom is -0.463 e. The van der Waals surface area contributed by atoms with Gasteiger partial charge in [-0.15, -0.1) is 0 Å². The Kier molecular flexibility index (Phi) is 3.09. The second-order valence-electron chi connectivity index (χ2n) is 4.02. The highest BCUT2D eigenvalue weighted by Crippen LogP contribution is 2.33. The maximum atomic E-state index is 11.4. The van der Waals surface area contributed by atoms with Crippen LogP contribution < -0.4 is 0 Å². The van der Waals surface area contributed by atoms with Gasteiger partial charge < -0.3 is 4.74 Å². The third-order valence-electron chi connectivity index (χ3n) is 2.98. The van der Waals surface area contributed by atoms with E-state index in [4.69, 9.17) is 4.74 Å². The molecule has 0 saturated carbocycles. The van der Waals surface area contributed by atoms with E-state index in [0.29, 0.717) is 6.61 Å². The van der Waals surface area contributed by atoms with Crippen molar-refractivity contribution in [3.8, 4) is 0 Å². The molecule has 0 unspecified atom stereocenters. The molecule has 1 aromatic carbocycles. The summed E-state index contributed by atoms with van der Waals surface area (Å²) in [4.78, 5) is 11.4. The Hall–Kier alpha value is -1.57. The summed E-state index contributed by atoms with van der Waals surface area (Å²) in [6.45, 7) is 4.37. The summed E-state index contributed by atoms with van der Waals surface area (Å²) in [6.07, 6.45) is 3.61. The van der Waals surface area contributed by atoms with Crippen molar-refractivity contribution in [1.29, 1.82) is 0 Å².